The van der Waals surface area contributed by atoms with Gasteiger partial charge in [-0.05, 0) is 43.6 Å². The van der Waals surface area contributed by atoms with Gasteiger partial charge >= 0.3 is 0 Å². The molecule has 128 valence electrons. The van der Waals surface area contributed by atoms with Gasteiger partial charge in [0.25, 0.3) is 5.56 Å². The summed E-state index contributed by atoms with van der Waals surface area (Å²) in [6.45, 7) is 2.82. The molecule has 2 heterocycles. The van der Waals surface area contributed by atoms with Crippen molar-refractivity contribution in [2.45, 2.75) is 25.8 Å². The molecule has 1 aliphatic rings. The van der Waals surface area contributed by atoms with E-state index in [1.807, 2.05) is 36.4 Å². The number of rotatable bonds is 3. The third kappa shape index (κ3) is 3.35. The Hall–Kier alpha value is -2.10. The highest BCUT2D eigenvalue weighted by molar-refractivity contribution is 6.31. The van der Waals surface area contributed by atoms with Crippen molar-refractivity contribution in [3.63, 3.8) is 0 Å². The molecule has 0 saturated carbocycles. The summed E-state index contributed by atoms with van der Waals surface area (Å²) < 4.78 is 0. The van der Waals surface area contributed by atoms with Crippen LogP contribution in [0.25, 0.3) is 22.0 Å². The fourth-order valence-corrected chi connectivity index (χ4v) is 3.91. The second kappa shape index (κ2) is 7.03. The van der Waals surface area contributed by atoms with Crippen LogP contribution in [0.5, 0.6) is 0 Å². The van der Waals surface area contributed by atoms with Gasteiger partial charge in [0.05, 0.1) is 5.52 Å². The Morgan fingerprint density at radius 1 is 1.00 bits per heavy atom. The molecule has 1 saturated heterocycles. The van der Waals surface area contributed by atoms with Gasteiger partial charge in [0.2, 0.25) is 0 Å². The molecule has 3 aromatic rings. The minimum absolute atomic E-state index is 0.0146. The van der Waals surface area contributed by atoms with Gasteiger partial charge in [0.15, 0.2) is 0 Å². The summed E-state index contributed by atoms with van der Waals surface area (Å²) >= 11 is 6.13. The van der Waals surface area contributed by atoms with E-state index in [-0.39, 0.29) is 5.56 Å². The summed E-state index contributed by atoms with van der Waals surface area (Å²) in [7, 11) is 0. The zero-order valence-electron chi connectivity index (χ0n) is 14.1. The highest BCUT2D eigenvalue weighted by Crippen LogP contribution is 2.31. The molecule has 2 aromatic carbocycles. The first-order valence-corrected chi connectivity index (χ1v) is 9.22. The predicted octanol–water partition coefficient (Wildman–Crippen LogP) is 4.83. The van der Waals surface area contributed by atoms with E-state index in [0.29, 0.717) is 11.6 Å². The molecule has 4 rings (SSSR count). The second-order valence-electron chi connectivity index (χ2n) is 6.70. The smallest absolute Gasteiger partial charge is 0.253 e. The molecule has 1 N–H and O–H groups in total. The molecule has 4 heteroatoms. The predicted molar refractivity (Wildman–Crippen MR) is 104 cm³/mol. The number of nitrogens with one attached hydrogen (secondary N) is 1. The van der Waals surface area contributed by atoms with Gasteiger partial charge in [0, 0.05) is 28.1 Å². The summed E-state index contributed by atoms with van der Waals surface area (Å²) in [5, 5.41) is 1.67. The first kappa shape index (κ1) is 16.4. The number of aromatic nitrogens is 1. The average Bonchev–Trinajstić information content (AvgIpc) is 2.64. The van der Waals surface area contributed by atoms with Crippen molar-refractivity contribution in [2.24, 2.45) is 0 Å². The summed E-state index contributed by atoms with van der Waals surface area (Å²) in [6, 6.07) is 15.9. The van der Waals surface area contributed by atoms with E-state index in [9.17, 15) is 4.79 Å². The molecule has 0 atom stereocenters. The molecule has 1 aromatic heterocycles. The van der Waals surface area contributed by atoms with Crippen LogP contribution in [0.1, 0.15) is 24.8 Å². The van der Waals surface area contributed by atoms with E-state index in [2.05, 4.69) is 22.0 Å². The van der Waals surface area contributed by atoms with Crippen molar-refractivity contribution >= 4 is 22.5 Å². The number of nitrogens with zero attached hydrogens (tertiary/aromatic N) is 1. The number of piperidine rings is 1. The van der Waals surface area contributed by atoms with E-state index in [1.54, 1.807) is 0 Å². The number of benzene rings is 2. The standard InChI is InChI=1S/C21H21ClN2O/c22-16-9-10-17-19(13-16)23-21(25)18(14-24-11-5-2-6-12-24)20(17)15-7-3-1-4-8-15/h1,3-4,7-10,13H,2,5-6,11-12,14H2,(H,23,25). The molecule has 0 unspecified atom stereocenters. The maximum Gasteiger partial charge on any atom is 0.253 e. The fraction of sp³-hybridized carbons (Fsp3) is 0.286. The Morgan fingerprint density at radius 2 is 1.76 bits per heavy atom. The highest BCUT2D eigenvalue weighted by atomic mass is 35.5. The van der Waals surface area contributed by atoms with Crippen LogP contribution >= 0.6 is 11.6 Å². The van der Waals surface area contributed by atoms with Crippen molar-refractivity contribution in [3.05, 3.63) is 69.5 Å². The number of halogens is 1. The maximum atomic E-state index is 12.9. The van der Waals surface area contributed by atoms with Gasteiger partial charge in [-0.25, -0.2) is 0 Å². The first-order valence-electron chi connectivity index (χ1n) is 8.84. The molecule has 1 fully saturated rings. The lowest BCUT2D eigenvalue weighted by Crippen LogP contribution is -2.32. The van der Waals surface area contributed by atoms with Crippen molar-refractivity contribution in [1.82, 2.24) is 9.88 Å². The van der Waals surface area contributed by atoms with Crippen LogP contribution in [-0.4, -0.2) is 23.0 Å². The third-order valence-electron chi connectivity index (χ3n) is 4.97. The van der Waals surface area contributed by atoms with Crippen LogP contribution in [-0.2, 0) is 6.54 Å². The lowest BCUT2D eigenvalue weighted by molar-refractivity contribution is 0.220. The molecular weight excluding hydrogens is 332 g/mol. The normalized spacial score (nSPS) is 15.6. The largest absolute Gasteiger partial charge is 0.322 e. The van der Waals surface area contributed by atoms with Crippen LogP contribution in [0.15, 0.2) is 53.3 Å². The van der Waals surface area contributed by atoms with Gasteiger partial charge < -0.3 is 4.98 Å². The van der Waals surface area contributed by atoms with Gasteiger partial charge in [-0.2, -0.15) is 0 Å². The van der Waals surface area contributed by atoms with E-state index in [1.165, 1.54) is 19.3 Å². The van der Waals surface area contributed by atoms with E-state index < -0.39 is 0 Å². The van der Waals surface area contributed by atoms with Gasteiger partial charge in [-0.1, -0.05) is 54.4 Å². The Labute approximate surface area is 152 Å². The average molecular weight is 353 g/mol. The van der Waals surface area contributed by atoms with Crippen molar-refractivity contribution in [2.75, 3.05) is 13.1 Å². The maximum absolute atomic E-state index is 12.9. The van der Waals surface area contributed by atoms with Gasteiger partial charge in [0.1, 0.15) is 0 Å². The molecule has 1 aliphatic heterocycles. The summed E-state index contributed by atoms with van der Waals surface area (Å²) in [6.07, 6.45) is 3.71. The number of hydrogen-bond acceptors (Lipinski definition) is 2. The summed E-state index contributed by atoms with van der Waals surface area (Å²) in [5.41, 5.74) is 3.73. The van der Waals surface area contributed by atoms with E-state index in [4.69, 9.17) is 11.6 Å². The topological polar surface area (TPSA) is 36.1 Å². The molecule has 25 heavy (non-hydrogen) atoms. The Bertz CT molecular complexity index is 943. The monoisotopic (exact) mass is 352 g/mol. The van der Waals surface area contributed by atoms with Crippen LogP contribution < -0.4 is 5.56 Å². The minimum Gasteiger partial charge on any atom is -0.322 e. The zero-order valence-corrected chi connectivity index (χ0v) is 14.9. The fourth-order valence-electron chi connectivity index (χ4n) is 3.74. The van der Waals surface area contributed by atoms with Crippen LogP contribution in [0.3, 0.4) is 0 Å². The van der Waals surface area contributed by atoms with Gasteiger partial charge in [-0.15, -0.1) is 0 Å². The quantitative estimate of drug-likeness (QED) is 0.732. The number of fused-ring (bicyclic) bond motifs is 1. The van der Waals surface area contributed by atoms with E-state index in [0.717, 1.165) is 40.7 Å². The van der Waals surface area contributed by atoms with Crippen LogP contribution in [0.4, 0.5) is 0 Å². The van der Waals surface area contributed by atoms with Gasteiger partial charge in [-0.3, -0.25) is 9.69 Å². The zero-order chi connectivity index (χ0) is 17.2. The molecule has 0 amide bonds. The summed E-state index contributed by atoms with van der Waals surface area (Å²) in [4.78, 5) is 18.3. The minimum atomic E-state index is -0.0146. The Balaban J connectivity index is 1.92. The SMILES string of the molecule is O=c1[nH]c2cc(Cl)ccc2c(-c2ccccc2)c1CN1CCCCC1. The lowest BCUT2D eigenvalue weighted by Gasteiger charge is -2.27. The van der Waals surface area contributed by atoms with Crippen molar-refractivity contribution in [1.29, 1.82) is 0 Å². The highest BCUT2D eigenvalue weighted by Gasteiger charge is 2.18. The Kier molecular flexibility index (Phi) is 4.60. The Morgan fingerprint density at radius 3 is 2.52 bits per heavy atom. The van der Waals surface area contributed by atoms with Crippen molar-refractivity contribution in [3.8, 4) is 11.1 Å². The number of pyridine rings is 1. The number of likely N-dealkylation sites (tertiary alicyclic amines) is 1. The molecule has 0 bridgehead atoms. The first-order chi connectivity index (χ1) is 12.2. The second-order valence-corrected chi connectivity index (χ2v) is 7.14. The number of hydrogen-bond donors (Lipinski definition) is 1. The molecule has 0 spiro atoms. The number of H-pyrrole nitrogens is 1. The van der Waals surface area contributed by atoms with Crippen LogP contribution in [0.2, 0.25) is 5.02 Å². The van der Waals surface area contributed by atoms with E-state index >= 15 is 0 Å². The van der Waals surface area contributed by atoms with Crippen LogP contribution in [0, 0.1) is 0 Å². The third-order valence-corrected chi connectivity index (χ3v) is 5.20. The molecule has 0 aliphatic carbocycles. The number of aromatic amines is 1. The van der Waals surface area contributed by atoms with Crippen molar-refractivity contribution < 1.29 is 0 Å². The molecule has 3 nitrogen and oxygen atoms in total. The molecular formula is C21H21ClN2O. The molecule has 0 radical (unpaired) electrons. The summed E-state index contributed by atoms with van der Waals surface area (Å²) in [5.74, 6) is 0. The lowest BCUT2D eigenvalue weighted by atomic mass is 9.95.